The first kappa shape index (κ1) is 15.7. The monoisotopic (exact) mass is 263 g/mol. The Kier molecular flexibility index (Phi) is 4.71. The molecule has 0 radical (unpaired) electrons. The van der Waals surface area contributed by atoms with Crippen molar-refractivity contribution in [2.45, 2.75) is 26.3 Å². The maximum absolute atomic E-state index is 12.5. The van der Waals surface area contributed by atoms with Gasteiger partial charge >= 0.3 is 0 Å². The van der Waals surface area contributed by atoms with Gasteiger partial charge in [0.2, 0.25) is 5.91 Å². The topological polar surface area (TPSA) is 72.3 Å². The molecule has 4 heteroatoms. The summed E-state index contributed by atoms with van der Waals surface area (Å²) < 4.78 is 0. The largest absolute Gasteiger partial charge is 0.343 e. The van der Waals surface area contributed by atoms with E-state index in [9.17, 15) is 4.79 Å². The van der Waals surface area contributed by atoms with E-state index in [-0.39, 0.29) is 11.3 Å². The van der Waals surface area contributed by atoms with Gasteiger partial charge in [0.1, 0.15) is 5.54 Å². The second-order valence-electron chi connectivity index (χ2n) is 6.10. The lowest BCUT2D eigenvalue weighted by molar-refractivity contribution is -0.136. The molecule has 1 aromatic carbocycles. The van der Waals surface area contributed by atoms with Crippen LogP contribution in [0.4, 0.5) is 0 Å². The second-order valence-corrected chi connectivity index (χ2v) is 6.10. The summed E-state index contributed by atoms with van der Waals surface area (Å²) >= 11 is 0. The summed E-state index contributed by atoms with van der Waals surface area (Å²) in [5.74, 6) is -0.0970. The summed E-state index contributed by atoms with van der Waals surface area (Å²) in [6, 6.07) is 9.43. The van der Waals surface area contributed by atoms with Crippen molar-refractivity contribution in [2.24, 2.45) is 16.9 Å². The van der Waals surface area contributed by atoms with Gasteiger partial charge < -0.3 is 16.4 Å². The molecule has 1 amide bonds. The Morgan fingerprint density at radius 3 is 2.21 bits per heavy atom. The molecule has 0 bridgehead atoms. The fourth-order valence-corrected chi connectivity index (χ4v) is 2.08. The third-order valence-corrected chi connectivity index (χ3v) is 3.38. The van der Waals surface area contributed by atoms with E-state index in [1.165, 1.54) is 0 Å². The number of likely N-dealkylation sites (N-methyl/N-ethyl adjacent to an activating group) is 1. The van der Waals surface area contributed by atoms with Crippen LogP contribution < -0.4 is 11.5 Å². The maximum Gasteiger partial charge on any atom is 0.246 e. The standard InChI is InChI=1S/C15H25N3O/c1-14(2,10-16)11-18(4)13(19)15(3,17)12-8-6-5-7-9-12/h5-9H,10-11,16-17H2,1-4H3. The number of carbonyl (C=O) groups excluding carboxylic acids is 1. The van der Waals surface area contributed by atoms with Crippen LogP contribution >= 0.6 is 0 Å². The van der Waals surface area contributed by atoms with E-state index in [4.69, 9.17) is 11.5 Å². The Hall–Kier alpha value is -1.39. The predicted octanol–water partition coefficient (Wildman–Crippen LogP) is 1.30. The molecule has 0 saturated carbocycles. The van der Waals surface area contributed by atoms with Gasteiger partial charge in [-0.2, -0.15) is 0 Å². The number of nitrogens with zero attached hydrogens (tertiary/aromatic N) is 1. The molecular weight excluding hydrogens is 238 g/mol. The van der Waals surface area contributed by atoms with Crippen LogP contribution in [-0.4, -0.2) is 30.9 Å². The van der Waals surface area contributed by atoms with Crippen molar-refractivity contribution < 1.29 is 4.79 Å². The SMILES string of the molecule is CN(CC(C)(C)CN)C(=O)C(C)(N)c1ccccc1. The minimum absolute atomic E-state index is 0.0970. The molecule has 0 aliphatic rings. The first-order valence-electron chi connectivity index (χ1n) is 6.51. The molecule has 106 valence electrons. The lowest BCUT2D eigenvalue weighted by Crippen LogP contribution is -2.52. The summed E-state index contributed by atoms with van der Waals surface area (Å²) in [6.45, 7) is 6.93. The number of hydrogen-bond donors (Lipinski definition) is 2. The van der Waals surface area contributed by atoms with Crippen molar-refractivity contribution in [3.05, 3.63) is 35.9 Å². The predicted molar refractivity (Wildman–Crippen MR) is 78.5 cm³/mol. The van der Waals surface area contributed by atoms with Crippen LogP contribution in [0.1, 0.15) is 26.3 Å². The molecule has 4 N–H and O–H groups in total. The van der Waals surface area contributed by atoms with Crippen molar-refractivity contribution in [1.29, 1.82) is 0 Å². The molecule has 0 aromatic heterocycles. The fraction of sp³-hybridized carbons (Fsp3) is 0.533. The molecule has 0 heterocycles. The van der Waals surface area contributed by atoms with E-state index in [1.807, 2.05) is 44.2 Å². The molecule has 1 rings (SSSR count). The van der Waals surface area contributed by atoms with Crippen molar-refractivity contribution in [3.63, 3.8) is 0 Å². The molecule has 0 saturated heterocycles. The highest BCUT2D eigenvalue weighted by Gasteiger charge is 2.34. The zero-order chi connectivity index (χ0) is 14.7. The number of carbonyl (C=O) groups is 1. The number of amides is 1. The van der Waals surface area contributed by atoms with Crippen molar-refractivity contribution in [3.8, 4) is 0 Å². The Balaban J connectivity index is 2.87. The first-order valence-corrected chi connectivity index (χ1v) is 6.51. The van der Waals surface area contributed by atoms with E-state index >= 15 is 0 Å². The van der Waals surface area contributed by atoms with Gasteiger partial charge in [-0.3, -0.25) is 4.79 Å². The molecule has 1 aromatic rings. The van der Waals surface area contributed by atoms with E-state index in [1.54, 1.807) is 18.9 Å². The minimum Gasteiger partial charge on any atom is -0.343 e. The number of nitrogens with two attached hydrogens (primary N) is 2. The number of rotatable bonds is 5. The van der Waals surface area contributed by atoms with E-state index < -0.39 is 5.54 Å². The van der Waals surface area contributed by atoms with Crippen LogP contribution in [0.3, 0.4) is 0 Å². The summed E-state index contributed by atoms with van der Waals surface area (Å²) in [7, 11) is 1.77. The van der Waals surface area contributed by atoms with Crippen molar-refractivity contribution >= 4 is 5.91 Å². The maximum atomic E-state index is 12.5. The normalized spacial score (nSPS) is 14.8. The molecule has 1 unspecified atom stereocenters. The van der Waals surface area contributed by atoms with Crippen molar-refractivity contribution in [2.75, 3.05) is 20.1 Å². The highest BCUT2D eigenvalue weighted by Crippen LogP contribution is 2.22. The minimum atomic E-state index is -1.01. The molecule has 0 aliphatic heterocycles. The Morgan fingerprint density at radius 1 is 1.21 bits per heavy atom. The van der Waals surface area contributed by atoms with Crippen LogP contribution in [0.15, 0.2) is 30.3 Å². The number of benzene rings is 1. The van der Waals surface area contributed by atoms with Gasteiger partial charge in [-0.1, -0.05) is 44.2 Å². The number of hydrogen-bond acceptors (Lipinski definition) is 3. The lowest BCUT2D eigenvalue weighted by atomic mass is 9.89. The van der Waals surface area contributed by atoms with Gasteiger partial charge in [-0.15, -0.1) is 0 Å². The molecular formula is C15H25N3O. The zero-order valence-electron chi connectivity index (χ0n) is 12.3. The summed E-state index contributed by atoms with van der Waals surface area (Å²) in [4.78, 5) is 14.2. The molecule has 1 atom stereocenters. The van der Waals surface area contributed by atoms with E-state index in [0.29, 0.717) is 13.1 Å². The van der Waals surface area contributed by atoms with Gasteiger partial charge in [-0.25, -0.2) is 0 Å². The Bertz CT molecular complexity index is 426. The third kappa shape index (κ3) is 3.78. The van der Waals surface area contributed by atoms with Gasteiger partial charge in [0.15, 0.2) is 0 Å². The van der Waals surface area contributed by atoms with Gasteiger partial charge in [-0.05, 0) is 24.4 Å². The Morgan fingerprint density at radius 2 is 1.74 bits per heavy atom. The average molecular weight is 263 g/mol. The van der Waals surface area contributed by atoms with Crippen LogP contribution in [0.25, 0.3) is 0 Å². The fourth-order valence-electron chi connectivity index (χ4n) is 2.08. The van der Waals surface area contributed by atoms with Crippen LogP contribution in [-0.2, 0) is 10.3 Å². The molecule has 0 fully saturated rings. The van der Waals surface area contributed by atoms with Gasteiger partial charge in [0, 0.05) is 13.6 Å². The van der Waals surface area contributed by atoms with E-state index in [0.717, 1.165) is 5.56 Å². The van der Waals surface area contributed by atoms with Crippen LogP contribution in [0.2, 0.25) is 0 Å². The van der Waals surface area contributed by atoms with Crippen LogP contribution in [0, 0.1) is 5.41 Å². The highest BCUT2D eigenvalue weighted by molar-refractivity contribution is 5.86. The quantitative estimate of drug-likeness (QED) is 0.841. The smallest absolute Gasteiger partial charge is 0.246 e. The second kappa shape index (κ2) is 5.72. The molecule has 19 heavy (non-hydrogen) atoms. The van der Waals surface area contributed by atoms with Crippen LogP contribution in [0.5, 0.6) is 0 Å². The van der Waals surface area contributed by atoms with Gasteiger partial charge in [0.05, 0.1) is 0 Å². The van der Waals surface area contributed by atoms with Gasteiger partial charge in [0.25, 0.3) is 0 Å². The molecule has 0 spiro atoms. The summed E-state index contributed by atoms with van der Waals surface area (Å²) in [5, 5.41) is 0. The highest BCUT2D eigenvalue weighted by atomic mass is 16.2. The molecule has 0 aliphatic carbocycles. The molecule has 4 nitrogen and oxygen atoms in total. The lowest BCUT2D eigenvalue weighted by Gasteiger charge is -2.34. The van der Waals surface area contributed by atoms with Crippen molar-refractivity contribution in [1.82, 2.24) is 4.90 Å². The third-order valence-electron chi connectivity index (χ3n) is 3.38. The Labute approximate surface area is 115 Å². The summed E-state index contributed by atoms with van der Waals surface area (Å²) in [6.07, 6.45) is 0. The van der Waals surface area contributed by atoms with E-state index in [2.05, 4.69) is 0 Å². The zero-order valence-corrected chi connectivity index (χ0v) is 12.3. The average Bonchev–Trinajstić information content (AvgIpc) is 2.38. The first-order chi connectivity index (χ1) is 8.70. The summed E-state index contributed by atoms with van der Waals surface area (Å²) in [5.41, 5.74) is 11.6.